The molecule has 0 N–H and O–H groups in total. The first-order valence-corrected chi connectivity index (χ1v) is 6.66. The van der Waals surface area contributed by atoms with Crippen molar-refractivity contribution in [1.29, 1.82) is 0 Å². The minimum absolute atomic E-state index is 0.119. The molecule has 0 saturated heterocycles. The number of fused-ring (bicyclic) bond motifs is 1. The van der Waals surface area contributed by atoms with E-state index in [0.29, 0.717) is 12.5 Å². The summed E-state index contributed by atoms with van der Waals surface area (Å²) in [5, 5.41) is 2.73. The molecule has 0 atom stereocenters. The maximum atomic E-state index is 11.4. The van der Waals surface area contributed by atoms with Gasteiger partial charge in [-0.05, 0) is 17.9 Å². The van der Waals surface area contributed by atoms with Crippen LogP contribution in [0.5, 0.6) is 5.88 Å². The molecule has 2 rings (SSSR count). The SMILES string of the molecule is CCCCOC(=O)COc1ncnc2sccc12. The summed E-state index contributed by atoms with van der Waals surface area (Å²) in [4.78, 5) is 20.3. The molecule has 0 bridgehead atoms. The van der Waals surface area contributed by atoms with Gasteiger partial charge in [-0.2, -0.15) is 0 Å². The lowest BCUT2D eigenvalue weighted by Crippen LogP contribution is -2.16. The Morgan fingerprint density at radius 3 is 3.17 bits per heavy atom. The number of thiophene rings is 1. The van der Waals surface area contributed by atoms with Gasteiger partial charge >= 0.3 is 5.97 Å². The van der Waals surface area contributed by atoms with E-state index >= 15 is 0 Å². The van der Waals surface area contributed by atoms with E-state index in [2.05, 4.69) is 9.97 Å². The van der Waals surface area contributed by atoms with Crippen LogP contribution in [0.15, 0.2) is 17.8 Å². The molecule has 18 heavy (non-hydrogen) atoms. The van der Waals surface area contributed by atoms with Crippen LogP contribution in [-0.2, 0) is 9.53 Å². The third-order valence-electron chi connectivity index (χ3n) is 2.31. The quantitative estimate of drug-likeness (QED) is 0.593. The summed E-state index contributed by atoms with van der Waals surface area (Å²) in [5.41, 5.74) is 0. The molecule has 2 aromatic heterocycles. The van der Waals surface area contributed by atoms with Gasteiger partial charge in [0.2, 0.25) is 5.88 Å². The van der Waals surface area contributed by atoms with E-state index in [9.17, 15) is 4.79 Å². The maximum Gasteiger partial charge on any atom is 0.344 e. The molecule has 0 aromatic carbocycles. The number of ether oxygens (including phenoxy) is 2. The third kappa shape index (κ3) is 3.16. The fourth-order valence-corrected chi connectivity index (χ4v) is 2.10. The highest BCUT2D eigenvalue weighted by Gasteiger charge is 2.09. The summed E-state index contributed by atoms with van der Waals surface area (Å²) in [7, 11) is 0. The molecule has 0 aliphatic carbocycles. The Morgan fingerprint density at radius 2 is 2.33 bits per heavy atom. The summed E-state index contributed by atoms with van der Waals surface area (Å²) >= 11 is 1.51. The Hall–Kier alpha value is -1.69. The molecule has 6 heteroatoms. The summed E-state index contributed by atoms with van der Waals surface area (Å²) in [6.07, 6.45) is 3.29. The summed E-state index contributed by atoms with van der Waals surface area (Å²) < 4.78 is 10.3. The Balaban J connectivity index is 1.90. The van der Waals surface area contributed by atoms with Crippen molar-refractivity contribution in [2.45, 2.75) is 19.8 Å². The lowest BCUT2D eigenvalue weighted by Gasteiger charge is -2.06. The molecular weight excluding hydrogens is 252 g/mol. The minimum atomic E-state index is -0.370. The van der Waals surface area contributed by atoms with Crippen molar-refractivity contribution in [2.24, 2.45) is 0 Å². The molecule has 0 fully saturated rings. The molecule has 0 radical (unpaired) electrons. The van der Waals surface area contributed by atoms with Crippen LogP contribution in [0.3, 0.4) is 0 Å². The predicted molar refractivity (Wildman–Crippen MR) is 68.8 cm³/mol. The number of carbonyl (C=O) groups is 1. The maximum absolute atomic E-state index is 11.4. The average Bonchev–Trinajstić information content (AvgIpc) is 2.85. The standard InChI is InChI=1S/C12H14N2O3S/c1-2-3-5-16-10(15)7-17-11-9-4-6-18-12(9)14-8-13-11/h4,6,8H,2-3,5,7H2,1H3. The van der Waals surface area contributed by atoms with Crippen LogP contribution in [0.2, 0.25) is 0 Å². The van der Waals surface area contributed by atoms with Crippen LogP contribution < -0.4 is 4.74 Å². The third-order valence-corrected chi connectivity index (χ3v) is 3.13. The monoisotopic (exact) mass is 266 g/mol. The second-order valence-corrected chi connectivity index (χ2v) is 4.58. The van der Waals surface area contributed by atoms with E-state index in [-0.39, 0.29) is 12.6 Å². The normalized spacial score (nSPS) is 10.5. The van der Waals surface area contributed by atoms with Crippen molar-refractivity contribution in [2.75, 3.05) is 13.2 Å². The molecular formula is C12H14N2O3S. The highest BCUT2D eigenvalue weighted by molar-refractivity contribution is 7.16. The van der Waals surface area contributed by atoms with Gasteiger partial charge in [-0.25, -0.2) is 14.8 Å². The highest BCUT2D eigenvalue weighted by Crippen LogP contribution is 2.25. The fraction of sp³-hybridized carbons (Fsp3) is 0.417. The molecule has 0 aliphatic heterocycles. The molecule has 0 saturated carbocycles. The van der Waals surface area contributed by atoms with Gasteiger partial charge in [0.1, 0.15) is 11.2 Å². The van der Waals surface area contributed by atoms with E-state index < -0.39 is 0 Å². The van der Waals surface area contributed by atoms with Crippen LogP contribution in [0.4, 0.5) is 0 Å². The molecule has 96 valence electrons. The molecule has 0 aliphatic rings. The Labute approximate surface area is 109 Å². The molecule has 5 nitrogen and oxygen atoms in total. The number of carbonyl (C=O) groups excluding carboxylic acids is 1. The number of aromatic nitrogens is 2. The molecule has 0 amide bonds. The van der Waals surface area contributed by atoms with E-state index in [1.807, 2.05) is 18.4 Å². The smallest absolute Gasteiger partial charge is 0.344 e. The first-order chi connectivity index (χ1) is 8.81. The van der Waals surface area contributed by atoms with Gasteiger partial charge in [0.05, 0.1) is 12.0 Å². The molecule has 2 aromatic rings. The van der Waals surface area contributed by atoms with Gasteiger partial charge in [0.15, 0.2) is 6.61 Å². The summed E-state index contributed by atoms with van der Waals surface area (Å²) in [5.74, 6) is 0.0548. The van der Waals surface area contributed by atoms with Crippen LogP contribution >= 0.6 is 11.3 Å². The Bertz CT molecular complexity index is 527. The number of esters is 1. The Morgan fingerprint density at radius 1 is 1.44 bits per heavy atom. The molecule has 0 unspecified atom stereocenters. The number of hydrogen-bond donors (Lipinski definition) is 0. The van der Waals surface area contributed by atoms with Crippen molar-refractivity contribution in [3.8, 4) is 5.88 Å². The largest absolute Gasteiger partial charge is 0.465 e. The zero-order valence-electron chi connectivity index (χ0n) is 10.1. The average molecular weight is 266 g/mol. The van der Waals surface area contributed by atoms with Crippen LogP contribution in [0.1, 0.15) is 19.8 Å². The zero-order chi connectivity index (χ0) is 12.8. The topological polar surface area (TPSA) is 61.3 Å². The van der Waals surface area contributed by atoms with Gasteiger partial charge in [-0.1, -0.05) is 13.3 Å². The van der Waals surface area contributed by atoms with Crippen molar-refractivity contribution in [1.82, 2.24) is 9.97 Å². The van der Waals surface area contributed by atoms with Gasteiger partial charge < -0.3 is 9.47 Å². The molecule has 2 heterocycles. The van der Waals surface area contributed by atoms with Gasteiger partial charge in [-0.3, -0.25) is 0 Å². The lowest BCUT2D eigenvalue weighted by atomic mass is 10.4. The predicted octanol–water partition coefficient (Wildman–Crippen LogP) is 2.41. The van der Waals surface area contributed by atoms with Crippen molar-refractivity contribution in [3.63, 3.8) is 0 Å². The van der Waals surface area contributed by atoms with Gasteiger partial charge in [0.25, 0.3) is 0 Å². The second-order valence-electron chi connectivity index (χ2n) is 3.68. The summed E-state index contributed by atoms with van der Waals surface area (Å²) in [6.45, 7) is 2.36. The van der Waals surface area contributed by atoms with Crippen LogP contribution in [0.25, 0.3) is 10.2 Å². The minimum Gasteiger partial charge on any atom is -0.465 e. The van der Waals surface area contributed by atoms with Crippen LogP contribution in [0, 0.1) is 0 Å². The highest BCUT2D eigenvalue weighted by atomic mass is 32.1. The molecule has 0 spiro atoms. The van der Waals surface area contributed by atoms with E-state index in [1.165, 1.54) is 17.7 Å². The van der Waals surface area contributed by atoms with Crippen molar-refractivity contribution >= 4 is 27.5 Å². The van der Waals surface area contributed by atoms with Crippen LogP contribution in [-0.4, -0.2) is 29.2 Å². The van der Waals surface area contributed by atoms with Gasteiger partial charge in [0, 0.05) is 0 Å². The van der Waals surface area contributed by atoms with E-state index in [1.54, 1.807) is 0 Å². The zero-order valence-corrected chi connectivity index (χ0v) is 10.9. The van der Waals surface area contributed by atoms with E-state index in [4.69, 9.17) is 9.47 Å². The number of nitrogens with zero attached hydrogens (tertiary/aromatic N) is 2. The fourth-order valence-electron chi connectivity index (χ4n) is 1.38. The first-order valence-electron chi connectivity index (χ1n) is 5.78. The van der Waals surface area contributed by atoms with E-state index in [0.717, 1.165) is 23.1 Å². The van der Waals surface area contributed by atoms with Gasteiger partial charge in [-0.15, -0.1) is 11.3 Å². The lowest BCUT2D eigenvalue weighted by molar-refractivity contribution is -0.146. The Kier molecular flexibility index (Phi) is 4.46. The number of unbranched alkanes of at least 4 members (excludes halogenated alkanes) is 1. The van der Waals surface area contributed by atoms with Crippen molar-refractivity contribution in [3.05, 3.63) is 17.8 Å². The first kappa shape index (κ1) is 12.8. The number of hydrogen-bond acceptors (Lipinski definition) is 6. The number of rotatable bonds is 6. The van der Waals surface area contributed by atoms with Crippen molar-refractivity contribution < 1.29 is 14.3 Å². The summed E-state index contributed by atoms with van der Waals surface area (Å²) in [6, 6.07) is 1.87. The second kappa shape index (κ2) is 6.30.